The average Bonchev–Trinajstić information content (AvgIpc) is 2.92. The molecular formula is C14H19N3O3. The Hall–Kier alpha value is -1.95. The number of nitrogens with zero attached hydrogens (tertiary/aromatic N) is 1. The van der Waals surface area contributed by atoms with Crippen LogP contribution in [0.4, 0.5) is 5.69 Å². The summed E-state index contributed by atoms with van der Waals surface area (Å²) in [5, 5.41) is 16.9. The van der Waals surface area contributed by atoms with E-state index in [0.29, 0.717) is 18.2 Å². The fourth-order valence-electron chi connectivity index (χ4n) is 2.42. The van der Waals surface area contributed by atoms with Gasteiger partial charge in [0.25, 0.3) is 5.69 Å². The highest BCUT2D eigenvalue weighted by Crippen LogP contribution is 2.13. The van der Waals surface area contributed by atoms with Crippen LogP contribution in [-0.2, 0) is 11.2 Å². The summed E-state index contributed by atoms with van der Waals surface area (Å²) < 4.78 is 0. The van der Waals surface area contributed by atoms with Gasteiger partial charge in [0.2, 0.25) is 5.91 Å². The third-order valence-corrected chi connectivity index (χ3v) is 3.46. The van der Waals surface area contributed by atoms with Gasteiger partial charge in [-0.05, 0) is 31.4 Å². The minimum atomic E-state index is -0.451. The molecule has 1 aliphatic rings. The molecule has 0 aliphatic carbocycles. The van der Waals surface area contributed by atoms with Crippen molar-refractivity contribution >= 4 is 11.6 Å². The molecular weight excluding hydrogens is 258 g/mol. The number of amides is 1. The second kappa shape index (κ2) is 7.00. The molecule has 0 saturated carbocycles. The highest BCUT2D eigenvalue weighted by Gasteiger charge is 2.14. The van der Waals surface area contributed by atoms with E-state index in [2.05, 4.69) is 10.6 Å². The number of hydrogen-bond acceptors (Lipinski definition) is 4. The Morgan fingerprint density at radius 2 is 2.35 bits per heavy atom. The van der Waals surface area contributed by atoms with E-state index in [1.165, 1.54) is 25.0 Å². The maximum atomic E-state index is 11.8. The van der Waals surface area contributed by atoms with Crippen LogP contribution in [0.5, 0.6) is 0 Å². The number of nitro benzene ring substituents is 1. The number of carbonyl (C=O) groups is 1. The van der Waals surface area contributed by atoms with E-state index < -0.39 is 4.92 Å². The standard InChI is InChI=1S/C14H19N3O3/c18-14(16-8-6-12-4-2-7-15-12)10-11-3-1-5-13(9-11)17(19)20/h1,3,5,9,12,15H,2,4,6-8,10H2,(H,16,18)/t12-/m0/s1. The topological polar surface area (TPSA) is 84.3 Å². The molecule has 0 radical (unpaired) electrons. The molecule has 1 aromatic carbocycles. The van der Waals surface area contributed by atoms with Crippen LogP contribution in [0, 0.1) is 10.1 Å². The van der Waals surface area contributed by atoms with Crippen molar-refractivity contribution in [1.29, 1.82) is 0 Å². The van der Waals surface area contributed by atoms with Crippen LogP contribution in [0.3, 0.4) is 0 Å². The molecule has 1 aliphatic heterocycles. The highest BCUT2D eigenvalue weighted by atomic mass is 16.6. The molecule has 2 rings (SSSR count). The lowest BCUT2D eigenvalue weighted by Crippen LogP contribution is -2.31. The van der Waals surface area contributed by atoms with Gasteiger partial charge in [-0.2, -0.15) is 0 Å². The van der Waals surface area contributed by atoms with E-state index in [4.69, 9.17) is 0 Å². The zero-order valence-corrected chi connectivity index (χ0v) is 11.3. The van der Waals surface area contributed by atoms with Crippen LogP contribution < -0.4 is 10.6 Å². The van der Waals surface area contributed by atoms with E-state index in [1.807, 2.05) is 0 Å². The predicted octanol–water partition coefficient (Wildman–Crippen LogP) is 1.40. The molecule has 0 bridgehead atoms. The molecule has 1 saturated heterocycles. The third-order valence-electron chi connectivity index (χ3n) is 3.46. The van der Waals surface area contributed by atoms with Gasteiger partial charge in [-0.1, -0.05) is 12.1 Å². The van der Waals surface area contributed by atoms with E-state index in [1.54, 1.807) is 12.1 Å². The summed E-state index contributed by atoms with van der Waals surface area (Å²) in [7, 11) is 0. The lowest BCUT2D eigenvalue weighted by atomic mass is 10.1. The summed E-state index contributed by atoms with van der Waals surface area (Å²) in [5.74, 6) is -0.0940. The Kier molecular flexibility index (Phi) is 5.06. The summed E-state index contributed by atoms with van der Waals surface area (Å²) >= 11 is 0. The SMILES string of the molecule is O=C(Cc1cccc([N+](=O)[O-])c1)NCC[C@@H]1CCCN1. The first kappa shape index (κ1) is 14.5. The Morgan fingerprint density at radius 1 is 1.50 bits per heavy atom. The zero-order chi connectivity index (χ0) is 14.4. The van der Waals surface area contributed by atoms with Crippen molar-refractivity contribution < 1.29 is 9.72 Å². The third kappa shape index (κ3) is 4.31. The molecule has 108 valence electrons. The van der Waals surface area contributed by atoms with Gasteiger partial charge in [0.1, 0.15) is 0 Å². The smallest absolute Gasteiger partial charge is 0.269 e. The van der Waals surface area contributed by atoms with E-state index >= 15 is 0 Å². The van der Waals surface area contributed by atoms with Crippen LogP contribution in [0.25, 0.3) is 0 Å². The van der Waals surface area contributed by atoms with Crippen molar-refractivity contribution in [2.75, 3.05) is 13.1 Å². The molecule has 0 spiro atoms. The first-order valence-electron chi connectivity index (χ1n) is 6.88. The number of non-ortho nitro benzene ring substituents is 1. The van der Waals surface area contributed by atoms with Gasteiger partial charge in [-0.3, -0.25) is 14.9 Å². The molecule has 0 unspecified atom stereocenters. The second-order valence-electron chi connectivity index (χ2n) is 5.04. The van der Waals surface area contributed by atoms with Crippen LogP contribution in [0.2, 0.25) is 0 Å². The van der Waals surface area contributed by atoms with Gasteiger partial charge in [0, 0.05) is 24.7 Å². The minimum absolute atomic E-state index is 0.0189. The molecule has 1 atom stereocenters. The molecule has 2 N–H and O–H groups in total. The maximum Gasteiger partial charge on any atom is 0.269 e. The van der Waals surface area contributed by atoms with Crippen molar-refractivity contribution in [3.05, 3.63) is 39.9 Å². The van der Waals surface area contributed by atoms with Gasteiger partial charge in [0.15, 0.2) is 0 Å². The molecule has 1 fully saturated rings. The number of nitro groups is 1. The van der Waals surface area contributed by atoms with Crippen molar-refractivity contribution in [3.63, 3.8) is 0 Å². The Balaban J connectivity index is 1.76. The minimum Gasteiger partial charge on any atom is -0.356 e. The summed E-state index contributed by atoms with van der Waals surface area (Å²) in [6.45, 7) is 1.71. The van der Waals surface area contributed by atoms with Crippen molar-refractivity contribution in [2.45, 2.75) is 31.7 Å². The molecule has 1 aromatic rings. The summed E-state index contributed by atoms with van der Waals surface area (Å²) in [4.78, 5) is 22.0. The van der Waals surface area contributed by atoms with Gasteiger partial charge >= 0.3 is 0 Å². The molecule has 0 aromatic heterocycles. The van der Waals surface area contributed by atoms with Crippen LogP contribution in [-0.4, -0.2) is 30.0 Å². The fraction of sp³-hybridized carbons (Fsp3) is 0.500. The first-order valence-corrected chi connectivity index (χ1v) is 6.88. The van der Waals surface area contributed by atoms with Gasteiger partial charge in [-0.25, -0.2) is 0 Å². The van der Waals surface area contributed by atoms with Crippen LogP contribution in [0.1, 0.15) is 24.8 Å². The number of carbonyl (C=O) groups excluding carboxylic acids is 1. The van der Waals surface area contributed by atoms with Crippen molar-refractivity contribution in [2.24, 2.45) is 0 Å². The van der Waals surface area contributed by atoms with Crippen LogP contribution in [0.15, 0.2) is 24.3 Å². The lowest BCUT2D eigenvalue weighted by Gasteiger charge is -2.10. The molecule has 6 heteroatoms. The van der Waals surface area contributed by atoms with E-state index in [9.17, 15) is 14.9 Å². The first-order chi connectivity index (χ1) is 9.65. The number of hydrogen-bond donors (Lipinski definition) is 2. The summed E-state index contributed by atoms with van der Waals surface area (Å²) in [5.41, 5.74) is 0.682. The molecule has 1 heterocycles. The maximum absolute atomic E-state index is 11.8. The quantitative estimate of drug-likeness (QED) is 0.608. The number of nitrogens with one attached hydrogen (secondary N) is 2. The monoisotopic (exact) mass is 277 g/mol. The summed E-state index contributed by atoms with van der Waals surface area (Å²) in [6.07, 6.45) is 3.48. The zero-order valence-electron chi connectivity index (χ0n) is 11.3. The molecule has 6 nitrogen and oxygen atoms in total. The summed E-state index contributed by atoms with van der Waals surface area (Å²) in [6, 6.07) is 6.70. The number of benzene rings is 1. The van der Waals surface area contributed by atoms with Crippen LogP contribution >= 0.6 is 0 Å². The number of rotatable bonds is 6. The molecule has 20 heavy (non-hydrogen) atoms. The lowest BCUT2D eigenvalue weighted by molar-refractivity contribution is -0.384. The Bertz CT molecular complexity index is 484. The van der Waals surface area contributed by atoms with Gasteiger partial charge in [-0.15, -0.1) is 0 Å². The predicted molar refractivity (Wildman–Crippen MR) is 75.5 cm³/mol. The average molecular weight is 277 g/mol. The Morgan fingerprint density at radius 3 is 3.05 bits per heavy atom. The van der Waals surface area contributed by atoms with Gasteiger partial charge < -0.3 is 10.6 Å². The normalized spacial score (nSPS) is 17.9. The largest absolute Gasteiger partial charge is 0.356 e. The second-order valence-corrected chi connectivity index (χ2v) is 5.04. The van der Waals surface area contributed by atoms with E-state index in [-0.39, 0.29) is 18.0 Å². The highest BCUT2D eigenvalue weighted by molar-refractivity contribution is 5.78. The fourth-order valence-corrected chi connectivity index (χ4v) is 2.42. The van der Waals surface area contributed by atoms with Gasteiger partial charge in [0.05, 0.1) is 11.3 Å². The van der Waals surface area contributed by atoms with E-state index in [0.717, 1.165) is 13.0 Å². The van der Waals surface area contributed by atoms with Crippen molar-refractivity contribution in [1.82, 2.24) is 10.6 Å². The molecule has 1 amide bonds. The Labute approximate surface area is 117 Å². The van der Waals surface area contributed by atoms with Crippen molar-refractivity contribution in [3.8, 4) is 0 Å².